The Morgan fingerprint density at radius 1 is 1.19 bits per heavy atom. The summed E-state index contributed by atoms with van der Waals surface area (Å²) < 4.78 is 38.1. The number of nitrogens with two attached hydrogens (primary N) is 1. The Labute approximate surface area is 121 Å². The lowest BCUT2D eigenvalue weighted by Crippen LogP contribution is -2.13. The smallest absolute Gasteiger partial charge is 0.384 e. The van der Waals surface area contributed by atoms with Crippen LogP contribution < -0.4 is 11.1 Å². The van der Waals surface area contributed by atoms with E-state index in [1.54, 1.807) is 0 Å². The molecule has 0 amide bonds. The number of nitrogens with one attached hydrogen (secondary N) is 1. The Morgan fingerprint density at radius 3 is 2.48 bits per heavy atom. The predicted molar refractivity (Wildman–Crippen MR) is 77.0 cm³/mol. The van der Waals surface area contributed by atoms with E-state index in [2.05, 4.69) is 10.3 Å². The van der Waals surface area contributed by atoms with Crippen molar-refractivity contribution in [1.82, 2.24) is 4.98 Å². The zero-order valence-corrected chi connectivity index (χ0v) is 11.5. The molecular formula is C15H16F3N3. The minimum absolute atomic E-state index is 0.130. The number of pyridine rings is 1. The third-order valence-corrected chi connectivity index (χ3v) is 3.13. The molecule has 0 aliphatic carbocycles. The van der Waals surface area contributed by atoms with E-state index in [1.807, 2.05) is 37.3 Å². The molecular weight excluding hydrogens is 279 g/mol. The number of alkyl halides is 3. The number of nitrogens with zero attached hydrogens (tertiary/aromatic N) is 1. The number of nitrogen functional groups attached to an aromatic ring is 1. The highest BCUT2D eigenvalue weighted by Gasteiger charge is 2.31. The first-order valence-corrected chi connectivity index (χ1v) is 6.50. The van der Waals surface area contributed by atoms with Crippen molar-refractivity contribution in [1.29, 1.82) is 0 Å². The highest BCUT2D eigenvalue weighted by molar-refractivity contribution is 5.47. The van der Waals surface area contributed by atoms with Gasteiger partial charge in [0.2, 0.25) is 0 Å². The largest absolute Gasteiger partial charge is 0.416 e. The molecule has 21 heavy (non-hydrogen) atoms. The van der Waals surface area contributed by atoms with Gasteiger partial charge in [0.1, 0.15) is 11.6 Å². The highest BCUT2D eigenvalue weighted by atomic mass is 19.4. The van der Waals surface area contributed by atoms with Gasteiger partial charge >= 0.3 is 6.18 Å². The zero-order chi connectivity index (χ0) is 15.5. The molecule has 0 fully saturated rings. The Morgan fingerprint density at radius 2 is 1.86 bits per heavy atom. The van der Waals surface area contributed by atoms with Gasteiger partial charge in [0.05, 0.1) is 5.56 Å². The molecule has 6 heteroatoms. The summed E-state index contributed by atoms with van der Waals surface area (Å²) in [5, 5.41) is 2.91. The van der Waals surface area contributed by atoms with E-state index in [9.17, 15) is 13.2 Å². The van der Waals surface area contributed by atoms with E-state index in [1.165, 1.54) is 0 Å². The SMILES string of the molecule is CC(CNc1cc(C(F)(F)F)cc(N)n1)c1ccccc1. The molecule has 1 heterocycles. The van der Waals surface area contributed by atoms with Crippen molar-refractivity contribution in [3.8, 4) is 0 Å². The van der Waals surface area contributed by atoms with Crippen molar-refractivity contribution in [3.05, 3.63) is 53.6 Å². The summed E-state index contributed by atoms with van der Waals surface area (Å²) in [5.74, 6) is 0.119. The fraction of sp³-hybridized carbons (Fsp3) is 0.267. The summed E-state index contributed by atoms with van der Waals surface area (Å²) >= 11 is 0. The molecule has 1 unspecified atom stereocenters. The van der Waals surface area contributed by atoms with Gasteiger partial charge in [0, 0.05) is 6.54 Å². The van der Waals surface area contributed by atoms with Crippen LogP contribution >= 0.6 is 0 Å². The third-order valence-electron chi connectivity index (χ3n) is 3.13. The maximum atomic E-state index is 12.7. The van der Waals surface area contributed by atoms with Crippen LogP contribution in [0, 0.1) is 0 Å². The van der Waals surface area contributed by atoms with Crippen molar-refractivity contribution in [2.24, 2.45) is 0 Å². The Balaban J connectivity index is 2.08. The Kier molecular flexibility index (Phi) is 4.35. The van der Waals surface area contributed by atoms with E-state index < -0.39 is 11.7 Å². The monoisotopic (exact) mass is 295 g/mol. The average molecular weight is 295 g/mol. The van der Waals surface area contributed by atoms with Crippen molar-refractivity contribution in [2.45, 2.75) is 19.0 Å². The predicted octanol–water partition coefficient (Wildman–Crippen LogP) is 3.90. The van der Waals surface area contributed by atoms with E-state index >= 15 is 0 Å². The fourth-order valence-electron chi connectivity index (χ4n) is 1.96. The summed E-state index contributed by atoms with van der Waals surface area (Å²) in [7, 11) is 0. The van der Waals surface area contributed by atoms with Crippen LogP contribution in [0.5, 0.6) is 0 Å². The molecule has 0 saturated carbocycles. The fourth-order valence-corrected chi connectivity index (χ4v) is 1.96. The maximum Gasteiger partial charge on any atom is 0.416 e. The van der Waals surface area contributed by atoms with Gasteiger partial charge in [0.15, 0.2) is 0 Å². The van der Waals surface area contributed by atoms with Gasteiger partial charge < -0.3 is 11.1 Å². The molecule has 1 aromatic heterocycles. The first-order valence-electron chi connectivity index (χ1n) is 6.50. The molecule has 2 rings (SSSR count). The minimum Gasteiger partial charge on any atom is -0.384 e. The molecule has 0 aliphatic rings. The van der Waals surface area contributed by atoms with Gasteiger partial charge in [-0.05, 0) is 23.6 Å². The van der Waals surface area contributed by atoms with Crippen molar-refractivity contribution < 1.29 is 13.2 Å². The number of hydrogen-bond donors (Lipinski definition) is 2. The van der Waals surface area contributed by atoms with Crippen LogP contribution in [0.25, 0.3) is 0 Å². The van der Waals surface area contributed by atoms with Crippen molar-refractivity contribution in [2.75, 3.05) is 17.6 Å². The summed E-state index contributed by atoms with van der Waals surface area (Å²) in [4.78, 5) is 3.88. The lowest BCUT2D eigenvalue weighted by atomic mass is 10.0. The van der Waals surface area contributed by atoms with Crippen LogP contribution in [0.1, 0.15) is 24.0 Å². The summed E-state index contributed by atoms with van der Waals surface area (Å²) in [5.41, 5.74) is 5.72. The van der Waals surface area contributed by atoms with Crippen LogP contribution in [0.2, 0.25) is 0 Å². The standard InChI is InChI=1S/C15H16F3N3/c1-10(11-5-3-2-4-6-11)9-20-14-8-12(15(16,17)18)7-13(19)21-14/h2-8,10H,9H2,1H3,(H3,19,20,21). The second kappa shape index (κ2) is 6.03. The number of anilines is 2. The summed E-state index contributed by atoms with van der Waals surface area (Å²) in [6.45, 7) is 2.46. The van der Waals surface area contributed by atoms with E-state index in [0.717, 1.165) is 17.7 Å². The number of hydrogen-bond acceptors (Lipinski definition) is 3. The van der Waals surface area contributed by atoms with Gasteiger partial charge in [-0.1, -0.05) is 37.3 Å². The third kappa shape index (κ3) is 4.11. The maximum absolute atomic E-state index is 12.7. The average Bonchev–Trinajstić information content (AvgIpc) is 2.44. The number of aromatic nitrogens is 1. The van der Waals surface area contributed by atoms with Crippen LogP contribution in [-0.2, 0) is 6.18 Å². The number of rotatable bonds is 4. The molecule has 0 spiro atoms. The van der Waals surface area contributed by atoms with E-state index in [0.29, 0.717) is 6.54 Å². The van der Waals surface area contributed by atoms with E-state index in [-0.39, 0.29) is 17.6 Å². The first kappa shape index (κ1) is 15.2. The minimum atomic E-state index is -4.43. The van der Waals surface area contributed by atoms with E-state index in [4.69, 9.17) is 5.73 Å². The first-order chi connectivity index (χ1) is 9.86. The molecule has 0 saturated heterocycles. The summed E-state index contributed by atoms with van der Waals surface area (Å²) in [6.07, 6.45) is -4.43. The second-order valence-electron chi connectivity index (χ2n) is 4.86. The lowest BCUT2D eigenvalue weighted by molar-refractivity contribution is -0.137. The lowest BCUT2D eigenvalue weighted by Gasteiger charge is -2.15. The molecule has 0 radical (unpaired) electrons. The Bertz CT molecular complexity index is 597. The molecule has 0 aliphatic heterocycles. The van der Waals surface area contributed by atoms with Crippen LogP contribution in [0.4, 0.5) is 24.8 Å². The molecule has 2 aromatic rings. The van der Waals surface area contributed by atoms with Gasteiger partial charge in [-0.15, -0.1) is 0 Å². The van der Waals surface area contributed by atoms with Crippen LogP contribution in [-0.4, -0.2) is 11.5 Å². The Hall–Kier alpha value is -2.24. The van der Waals surface area contributed by atoms with Gasteiger partial charge in [0.25, 0.3) is 0 Å². The molecule has 112 valence electrons. The van der Waals surface area contributed by atoms with Crippen LogP contribution in [0.3, 0.4) is 0 Å². The highest BCUT2D eigenvalue weighted by Crippen LogP contribution is 2.31. The molecule has 0 bridgehead atoms. The topological polar surface area (TPSA) is 50.9 Å². The molecule has 1 atom stereocenters. The molecule has 3 nitrogen and oxygen atoms in total. The quantitative estimate of drug-likeness (QED) is 0.899. The molecule has 3 N–H and O–H groups in total. The zero-order valence-electron chi connectivity index (χ0n) is 11.5. The van der Waals surface area contributed by atoms with Crippen LogP contribution in [0.15, 0.2) is 42.5 Å². The normalized spacial score (nSPS) is 13.0. The second-order valence-corrected chi connectivity index (χ2v) is 4.86. The van der Waals surface area contributed by atoms with Crippen molar-refractivity contribution in [3.63, 3.8) is 0 Å². The van der Waals surface area contributed by atoms with Gasteiger partial charge in [-0.25, -0.2) is 4.98 Å². The number of benzene rings is 1. The molecule has 1 aromatic carbocycles. The van der Waals surface area contributed by atoms with Crippen molar-refractivity contribution >= 4 is 11.6 Å². The summed E-state index contributed by atoms with van der Waals surface area (Å²) in [6, 6.07) is 11.5. The van der Waals surface area contributed by atoms with Gasteiger partial charge in [-0.2, -0.15) is 13.2 Å². The number of halogens is 3. The van der Waals surface area contributed by atoms with Gasteiger partial charge in [-0.3, -0.25) is 0 Å².